The fourth-order valence-electron chi connectivity index (χ4n) is 3.61. The van der Waals surface area contributed by atoms with Crippen LogP contribution in [0.2, 0.25) is 0 Å². The molecule has 1 atom stereocenters. The van der Waals surface area contributed by atoms with Gasteiger partial charge in [0.2, 0.25) is 0 Å². The summed E-state index contributed by atoms with van der Waals surface area (Å²) < 4.78 is 10.8. The van der Waals surface area contributed by atoms with Gasteiger partial charge < -0.3 is 24.6 Å². The third-order valence-corrected chi connectivity index (χ3v) is 5.10. The number of piperidine rings is 1. The molecule has 0 aliphatic carbocycles. The summed E-state index contributed by atoms with van der Waals surface area (Å²) in [6.07, 6.45) is 4.07. The molecule has 152 valence electrons. The number of nitrogens with zero attached hydrogens (tertiary/aromatic N) is 3. The number of likely N-dealkylation sites (tertiary alicyclic amines) is 1. The zero-order valence-electron chi connectivity index (χ0n) is 17.6. The van der Waals surface area contributed by atoms with Crippen LogP contribution in [-0.2, 0) is 6.54 Å². The molecule has 2 rings (SSSR count). The van der Waals surface area contributed by atoms with E-state index in [0.717, 1.165) is 36.1 Å². The van der Waals surface area contributed by atoms with Crippen molar-refractivity contribution in [2.45, 2.75) is 32.7 Å². The third kappa shape index (κ3) is 6.61. The molecule has 0 saturated carbocycles. The zero-order chi connectivity index (χ0) is 19.6. The molecule has 0 bridgehead atoms. The lowest BCUT2D eigenvalue weighted by Crippen LogP contribution is -2.43. The van der Waals surface area contributed by atoms with E-state index in [1.165, 1.54) is 32.4 Å². The Balaban J connectivity index is 1.87. The molecular formula is C21H36N4O2. The van der Waals surface area contributed by atoms with Gasteiger partial charge in [-0.05, 0) is 44.0 Å². The molecule has 0 spiro atoms. The van der Waals surface area contributed by atoms with Crippen LogP contribution in [0.25, 0.3) is 0 Å². The van der Waals surface area contributed by atoms with Gasteiger partial charge in [-0.2, -0.15) is 0 Å². The van der Waals surface area contributed by atoms with Gasteiger partial charge in [-0.1, -0.05) is 13.3 Å². The standard InChI is InChI=1S/C21H36N4O2/c1-17(15-25-11-7-6-8-12-25)14-23-21(22-2)24(3)16-18-9-10-19(26-4)13-20(18)27-5/h9-10,13,17H,6-8,11-12,14-16H2,1-5H3,(H,22,23). The monoisotopic (exact) mass is 376 g/mol. The number of guanidine groups is 1. The van der Waals surface area contributed by atoms with Crippen molar-refractivity contribution in [1.82, 2.24) is 15.1 Å². The molecule has 0 aromatic heterocycles. The van der Waals surface area contributed by atoms with Crippen LogP contribution < -0.4 is 14.8 Å². The van der Waals surface area contributed by atoms with Crippen molar-refractivity contribution in [1.29, 1.82) is 0 Å². The summed E-state index contributed by atoms with van der Waals surface area (Å²) in [5.41, 5.74) is 1.10. The van der Waals surface area contributed by atoms with Crippen LogP contribution in [0.4, 0.5) is 0 Å². The molecule has 1 aromatic rings. The normalized spacial score (nSPS) is 16.7. The van der Waals surface area contributed by atoms with Gasteiger partial charge in [0, 0.05) is 45.4 Å². The fourth-order valence-corrected chi connectivity index (χ4v) is 3.61. The van der Waals surface area contributed by atoms with Crippen molar-refractivity contribution in [3.63, 3.8) is 0 Å². The van der Waals surface area contributed by atoms with Crippen LogP contribution in [0.5, 0.6) is 11.5 Å². The van der Waals surface area contributed by atoms with Crippen molar-refractivity contribution in [3.05, 3.63) is 23.8 Å². The number of hydrogen-bond donors (Lipinski definition) is 1. The average Bonchev–Trinajstić information content (AvgIpc) is 2.69. The molecular weight excluding hydrogens is 340 g/mol. The molecule has 0 radical (unpaired) electrons. The Bertz CT molecular complexity index is 600. The van der Waals surface area contributed by atoms with Crippen molar-refractivity contribution in [3.8, 4) is 11.5 Å². The second-order valence-electron chi connectivity index (χ2n) is 7.43. The first kappa shape index (κ1) is 21.4. The van der Waals surface area contributed by atoms with Crippen LogP contribution in [0.15, 0.2) is 23.2 Å². The van der Waals surface area contributed by atoms with E-state index in [2.05, 4.69) is 27.0 Å². The Morgan fingerprint density at radius 2 is 1.96 bits per heavy atom. The number of benzene rings is 1. The first-order valence-corrected chi connectivity index (χ1v) is 9.92. The predicted molar refractivity (Wildman–Crippen MR) is 112 cm³/mol. The SMILES string of the molecule is CN=C(NCC(C)CN1CCCCC1)N(C)Cc1ccc(OC)cc1OC. The number of rotatable bonds is 8. The van der Waals surface area contributed by atoms with Crippen molar-refractivity contribution in [2.24, 2.45) is 10.9 Å². The summed E-state index contributed by atoms with van der Waals surface area (Å²) >= 11 is 0. The second kappa shape index (κ2) is 11.0. The highest BCUT2D eigenvalue weighted by atomic mass is 16.5. The van der Waals surface area contributed by atoms with Gasteiger partial charge in [-0.3, -0.25) is 4.99 Å². The Kier molecular flexibility index (Phi) is 8.72. The zero-order valence-corrected chi connectivity index (χ0v) is 17.6. The van der Waals surface area contributed by atoms with Crippen molar-refractivity contribution < 1.29 is 9.47 Å². The predicted octanol–water partition coefficient (Wildman–Crippen LogP) is 2.83. The lowest BCUT2D eigenvalue weighted by molar-refractivity contribution is 0.200. The van der Waals surface area contributed by atoms with Crippen molar-refractivity contribution >= 4 is 5.96 Å². The number of ether oxygens (including phenoxy) is 2. The van der Waals surface area contributed by atoms with E-state index >= 15 is 0 Å². The van der Waals surface area contributed by atoms with Crippen molar-refractivity contribution in [2.75, 3.05) is 54.5 Å². The van der Waals surface area contributed by atoms with Gasteiger partial charge in [0.15, 0.2) is 5.96 Å². The van der Waals surface area contributed by atoms with Gasteiger partial charge in [-0.15, -0.1) is 0 Å². The molecule has 27 heavy (non-hydrogen) atoms. The Morgan fingerprint density at radius 1 is 1.22 bits per heavy atom. The number of hydrogen-bond acceptors (Lipinski definition) is 4. The highest BCUT2D eigenvalue weighted by Gasteiger charge is 2.15. The molecule has 1 aromatic carbocycles. The molecule has 1 aliphatic heterocycles. The Morgan fingerprint density at radius 3 is 2.59 bits per heavy atom. The van der Waals surface area contributed by atoms with E-state index in [0.29, 0.717) is 12.5 Å². The smallest absolute Gasteiger partial charge is 0.193 e. The molecule has 1 heterocycles. The van der Waals surface area contributed by atoms with Gasteiger partial charge in [0.05, 0.1) is 14.2 Å². The molecule has 1 aliphatic rings. The van der Waals surface area contributed by atoms with Gasteiger partial charge >= 0.3 is 0 Å². The minimum Gasteiger partial charge on any atom is -0.497 e. The van der Waals surface area contributed by atoms with E-state index in [4.69, 9.17) is 9.47 Å². The summed E-state index contributed by atoms with van der Waals surface area (Å²) in [5, 5.41) is 3.52. The van der Waals surface area contributed by atoms with E-state index in [9.17, 15) is 0 Å². The molecule has 6 nitrogen and oxygen atoms in total. The molecule has 1 N–H and O–H groups in total. The van der Waals surface area contributed by atoms with Gasteiger partial charge in [0.25, 0.3) is 0 Å². The minimum absolute atomic E-state index is 0.587. The fraction of sp³-hybridized carbons (Fsp3) is 0.667. The third-order valence-electron chi connectivity index (χ3n) is 5.10. The highest BCUT2D eigenvalue weighted by molar-refractivity contribution is 5.79. The topological polar surface area (TPSA) is 49.3 Å². The maximum atomic E-state index is 5.51. The summed E-state index contributed by atoms with van der Waals surface area (Å²) in [5.74, 6) is 3.12. The molecule has 1 saturated heterocycles. The Hall–Kier alpha value is -1.95. The van der Waals surface area contributed by atoms with E-state index < -0.39 is 0 Å². The second-order valence-corrected chi connectivity index (χ2v) is 7.43. The molecule has 1 unspecified atom stereocenters. The number of aliphatic imine (C=N–C) groups is 1. The van der Waals surface area contributed by atoms with E-state index in [-0.39, 0.29) is 0 Å². The van der Waals surface area contributed by atoms with Gasteiger partial charge in [-0.25, -0.2) is 0 Å². The average molecular weight is 377 g/mol. The summed E-state index contributed by atoms with van der Waals surface area (Å²) in [7, 11) is 7.23. The maximum absolute atomic E-state index is 5.51. The van der Waals surface area contributed by atoms with Crippen LogP contribution >= 0.6 is 0 Å². The van der Waals surface area contributed by atoms with Crippen LogP contribution in [0.1, 0.15) is 31.7 Å². The highest BCUT2D eigenvalue weighted by Crippen LogP contribution is 2.25. The Labute approximate surface area is 164 Å². The minimum atomic E-state index is 0.587. The quantitative estimate of drug-likeness (QED) is 0.558. The largest absolute Gasteiger partial charge is 0.497 e. The van der Waals surface area contributed by atoms with E-state index in [1.807, 2.05) is 32.3 Å². The van der Waals surface area contributed by atoms with Gasteiger partial charge in [0.1, 0.15) is 11.5 Å². The lowest BCUT2D eigenvalue weighted by Gasteiger charge is -2.30. The summed E-state index contributed by atoms with van der Waals surface area (Å²) in [6.45, 7) is 7.59. The van der Waals surface area contributed by atoms with Crippen LogP contribution in [-0.4, -0.2) is 70.3 Å². The van der Waals surface area contributed by atoms with E-state index in [1.54, 1.807) is 14.2 Å². The molecule has 0 amide bonds. The lowest BCUT2D eigenvalue weighted by atomic mass is 10.1. The number of methoxy groups -OCH3 is 2. The first-order valence-electron chi connectivity index (χ1n) is 9.92. The summed E-state index contributed by atoms with van der Waals surface area (Å²) in [6, 6.07) is 5.92. The first-order chi connectivity index (χ1) is 13.1. The molecule has 6 heteroatoms. The molecule has 1 fully saturated rings. The summed E-state index contributed by atoms with van der Waals surface area (Å²) in [4.78, 5) is 9.16. The van der Waals surface area contributed by atoms with Crippen LogP contribution in [0, 0.1) is 5.92 Å². The maximum Gasteiger partial charge on any atom is 0.193 e. The van der Waals surface area contributed by atoms with Crippen LogP contribution in [0.3, 0.4) is 0 Å². The number of nitrogens with one attached hydrogen (secondary N) is 1.